The molecule has 148 valence electrons. The van der Waals surface area contributed by atoms with Gasteiger partial charge in [0.25, 0.3) is 0 Å². The topological polar surface area (TPSA) is 143 Å². The normalized spacial score (nSPS) is 30.9. The maximum atomic E-state index is 12.1. The van der Waals surface area contributed by atoms with Gasteiger partial charge in [-0.2, -0.15) is 0 Å². The molecular weight excluding hydrogens is 360 g/mol. The molecular formula is C18H22O9. The van der Waals surface area contributed by atoms with Crippen molar-refractivity contribution in [3.63, 3.8) is 0 Å². The SMILES string of the molecule is CO[C@@H]1[C@@H](O)[C@H](O)[C@@H](O)[C@H](OC(=O)/C=C\c2ccc(O)cc2)[C@@H]1OC(C)=O. The Bertz CT molecular complexity index is 685. The van der Waals surface area contributed by atoms with E-state index in [0.29, 0.717) is 5.56 Å². The lowest BCUT2D eigenvalue weighted by atomic mass is 9.84. The number of carbonyl (C=O) groups is 2. The van der Waals surface area contributed by atoms with Gasteiger partial charge in [-0.3, -0.25) is 4.79 Å². The van der Waals surface area contributed by atoms with Gasteiger partial charge in [0.05, 0.1) is 0 Å². The van der Waals surface area contributed by atoms with Crippen LogP contribution in [0.3, 0.4) is 0 Å². The molecule has 1 saturated carbocycles. The summed E-state index contributed by atoms with van der Waals surface area (Å²) in [5.41, 5.74) is 0.607. The fourth-order valence-electron chi connectivity index (χ4n) is 2.83. The van der Waals surface area contributed by atoms with Crippen molar-refractivity contribution in [2.45, 2.75) is 43.5 Å². The van der Waals surface area contributed by atoms with Crippen LogP contribution in [0.1, 0.15) is 12.5 Å². The lowest BCUT2D eigenvalue weighted by Gasteiger charge is -2.43. The number of esters is 2. The molecule has 0 heterocycles. The Morgan fingerprint density at radius 3 is 2.07 bits per heavy atom. The first-order valence-electron chi connectivity index (χ1n) is 8.16. The number of phenolic OH excluding ortho intramolecular Hbond substituents is 1. The Morgan fingerprint density at radius 2 is 1.52 bits per heavy atom. The van der Waals surface area contributed by atoms with Gasteiger partial charge >= 0.3 is 11.9 Å². The number of aliphatic hydroxyl groups is 3. The van der Waals surface area contributed by atoms with Crippen LogP contribution in [0.25, 0.3) is 6.08 Å². The van der Waals surface area contributed by atoms with Gasteiger partial charge in [0.2, 0.25) is 0 Å². The molecule has 1 fully saturated rings. The van der Waals surface area contributed by atoms with Gasteiger partial charge in [0, 0.05) is 20.1 Å². The number of aliphatic hydroxyl groups excluding tert-OH is 3. The number of phenols is 1. The summed E-state index contributed by atoms with van der Waals surface area (Å²) in [7, 11) is 1.22. The minimum absolute atomic E-state index is 0.0717. The van der Waals surface area contributed by atoms with Crippen molar-refractivity contribution in [1.29, 1.82) is 0 Å². The minimum Gasteiger partial charge on any atom is -0.508 e. The summed E-state index contributed by atoms with van der Waals surface area (Å²) >= 11 is 0. The lowest BCUT2D eigenvalue weighted by molar-refractivity contribution is -0.244. The molecule has 0 bridgehead atoms. The number of aromatic hydroxyl groups is 1. The van der Waals surface area contributed by atoms with Gasteiger partial charge in [-0.05, 0) is 23.8 Å². The Balaban J connectivity index is 2.17. The van der Waals surface area contributed by atoms with E-state index in [9.17, 15) is 30.0 Å². The van der Waals surface area contributed by atoms with Gasteiger partial charge in [-0.1, -0.05) is 12.1 Å². The molecule has 0 radical (unpaired) electrons. The van der Waals surface area contributed by atoms with Crippen LogP contribution in [0.15, 0.2) is 30.3 Å². The predicted octanol–water partition coefficient (Wildman–Crippen LogP) is -0.640. The molecule has 2 rings (SSSR count). The summed E-state index contributed by atoms with van der Waals surface area (Å²) < 4.78 is 15.3. The largest absolute Gasteiger partial charge is 0.508 e. The molecule has 0 aromatic heterocycles. The molecule has 4 N–H and O–H groups in total. The highest BCUT2D eigenvalue weighted by atomic mass is 16.6. The van der Waals surface area contributed by atoms with E-state index in [4.69, 9.17) is 14.2 Å². The van der Waals surface area contributed by atoms with Crippen LogP contribution < -0.4 is 0 Å². The predicted molar refractivity (Wildman–Crippen MR) is 91.4 cm³/mol. The van der Waals surface area contributed by atoms with E-state index in [0.717, 1.165) is 13.0 Å². The van der Waals surface area contributed by atoms with Crippen molar-refractivity contribution in [3.05, 3.63) is 35.9 Å². The van der Waals surface area contributed by atoms with Crippen LogP contribution in [0.4, 0.5) is 0 Å². The highest BCUT2D eigenvalue weighted by Gasteiger charge is 2.53. The molecule has 0 aliphatic heterocycles. The van der Waals surface area contributed by atoms with Crippen LogP contribution in [0.5, 0.6) is 5.75 Å². The van der Waals surface area contributed by atoms with Crippen LogP contribution in [0.2, 0.25) is 0 Å². The molecule has 0 amide bonds. The van der Waals surface area contributed by atoms with E-state index in [2.05, 4.69) is 0 Å². The Morgan fingerprint density at radius 1 is 0.926 bits per heavy atom. The van der Waals surface area contributed by atoms with Crippen LogP contribution >= 0.6 is 0 Å². The molecule has 1 aliphatic carbocycles. The number of ether oxygens (including phenoxy) is 3. The first-order valence-corrected chi connectivity index (χ1v) is 8.16. The second kappa shape index (κ2) is 8.96. The van der Waals surface area contributed by atoms with Gasteiger partial charge in [-0.15, -0.1) is 0 Å². The maximum absolute atomic E-state index is 12.1. The highest BCUT2D eigenvalue weighted by molar-refractivity contribution is 5.87. The fourth-order valence-corrected chi connectivity index (χ4v) is 2.83. The van der Waals surface area contributed by atoms with Crippen molar-refractivity contribution >= 4 is 18.0 Å². The average Bonchev–Trinajstić information content (AvgIpc) is 2.63. The molecule has 0 unspecified atom stereocenters. The van der Waals surface area contributed by atoms with E-state index < -0.39 is 48.6 Å². The van der Waals surface area contributed by atoms with Gasteiger partial charge < -0.3 is 34.6 Å². The number of hydrogen-bond donors (Lipinski definition) is 4. The van der Waals surface area contributed by atoms with Crippen molar-refractivity contribution in [2.24, 2.45) is 0 Å². The van der Waals surface area contributed by atoms with Gasteiger partial charge in [0.15, 0.2) is 12.2 Å². The molecule has 9 heteroatoms. The van der Waals surface area contributed by atoms with E-state index >= 15 is 0 Å². The third kappa shape index (κ3) is 5.04. The number of methoxy groups -OCH3 is 1. The van der Waals surface area contributed by atoms with Crippen molar-refractivity contribution < 1.29 is 44.2 Å². The van der Waals surface area contributed by atoms with Crippen LogP contribution in [0, 0.1) is 0 Å². The maximum Gasteiger partial charge on any atom is 0.331 e. The summed E-state index contributed by atoms with van der Waals surface area (Å²) in [6.45, 7) is 1.11. The number of hydrogen-bond acceptors (Lipinski definition) is 9. The van der Waals surface area contributed by atoms with E-state index in [-0.39, 0.29) is 5.75 Å². The Labute approximate surface area is 155 Å². The average molecular weight is 382 g/mol. The second-order valence-electron chi connectivity index (χ2n) is 6.07. The molecule has 0 spiro atoms. The minimum atomic E-state index is -1.69. The number of rotatable bonds is 5. The summed E-state index contributed by atoms with van der Waals surface area (Å²) in [6, 6.07) is 6.01. The van der Waals surface area contributed by atoms with Crippen LogP contribution in [-0.4, -0.2) is 76.1 Å². The standard InChI is InChI=1S/C18H22O9/c1-9(19)26-18-16(25-2)14(23)13(22)15(24)17(18)27-12(21)8-5-10-3-6-11(20)7-4-10/h3-8,13-18,20,22-24H,1-2H3/b8-5-/t13-,14-,15+,16+,17-,18+/m0/s1. The number of benzene rings is 1. The van der Waals surface area contributed by atoms with Crippen LogP contribution in [-0.2, 0) is 23.8 Å². The highest BCUT2D eigenvalue weighted by Crippen LogP contribution is 2.28. The summed E-state index contributed by atoms with van der Waals surface area (Å²) in [5, 5.41) is 39.4. The van der Waals surface area contributed by atoms with Crippen molar-refractivity contribution in [2.75, 3.05) is 7.11 Å². The number of carbonyl (C=O) groups excluding carboxylic acids is 2. The molecule has 1 aromatic carbocycles. The third-order valence-corrected chi connectivity index (χ3v) is 4.15. The van der Waals surface area contributed by atoms with Gasteiger partial charge in [-0.25, -0.2) is 4.79 Å². The molecule has 1 aliphatic rings. The molecule has 1 aromatic rings. The monoisotopic (exact) mass is 382 g/mol. The quantitative estimate of drug-likeness (QED) is 0.386. The van der Waals surface area contributed by atoms with Crippen molar-refractivity contribution in [1.82, 2.24) is 0 Å². The first-order chi connectivity index (χ1) is 12.7. The fraction of sp³-hybridized carbons (Fsp3) is 0.444. The molecule has 6 atom stereocenters. The zero-order chi connectivity index (χ0) is 20.1. The summed E-state index contributed by atoms with van der Waals surface area (Å²) in [6.07, 6.45) is -6.38. The second-order valence-corrected chi connectivity index (χ2v) is 6.07. The lowest BCUT2D eigenvalue weighted by Crippen LogP contribution is -2.66. The van der Waals surface area contributed by atoms with E-state index in [1.807, 2.05) is 0 Å². The molecule has 0 saturated heterocycles. The zero-order valence-corrected chi connectivity index (χ0v) is 14.8. The van der Waals surface area contributed by atoms with E-state index in [1.54, 1.807) is 12.1 Å². The van der Waals surface area contributed by atoms with Gasteiger partial charge in [0.1, 0.15) is 30.2 Å². The Kier molecular flexibility index (Phi) is 6.92. The summed E-state index contributed by atoms with van der Waals surface area (Å²) in [5.74, 6) is -1.54. The van der Waals surface area contributed by atoms with Crippen molar-refractivity contribution in [3.8, 4) is 5.75 Å². The first kappa shape index (κ1) is 20.8. The Hall–Kier alpha value is -2.46. The third-order valence-electron chi connectivity index (χ3n) is 4.15. The summed E-state index contributed by atoms with van der Waals surface area (Å²) in [4.78, 5) is 23.5. The molecule has 9 nitrogen and oxygen atoms in total. The zero-order valence-electron chi connectivity index (χ0n) is 14.8. The molecule has 27 heavy (non-hydrogen) atoms. The smallest absolute Gasteiger partial charge is 0.331 e. The van der Waals surface area contributed by atoms with E-state index in [1.165, 1.54) is 25.3 Å².